The summed E-state index contributed by atoms with van der Waals surface area (Å²) in [5.74, 6) is -1.50. The summed E-state index contributed by atoms with van der Waals surface area (Å²) in [4.78, 5) is 38.4. The van der Waals surface area contributed by atoms with Gasteiger partial charge >= 0.3 is 5.97 Å². The number of carbonyl (C=O) groups is 3. The fourth-order valence-corrected chi connectivity index (χ4v) is 5.38. The van der Waals surface area contributed by atoms with Crippen molar-refractivity contribution in [2.45, 2.75) is 19.8 Å². The van der Waals surface area contributed by atoms with Gasteiger partial charge in [-0.2, -0.15) is 5.26 Å². The van der Waals surface area contributed by atoms with Crippen LogP contribution >= 0.6 is 23.4 Å². The first-order valence-electron chi connectivity index (χ1n) is 12.5. The number of dihydropyridines is 1. The minimum atomic E-state index is -0.653. The van der Waals surface area contributed by atoms with Crippen molar-refractivity contribution < 1.29 is 19.1 Å². The number of esters is 1. The Bertz CT molecular complexity index is 1530. The normalized spacial score (nSPS) is 14.7. The Morgan fingerprint density at radius 1 is 1.00 bits per heavy atom. The topological polar surface area (TPSA) is 108 Å². The Labute approximate surface area is 241 Å². The second kappa shape index (κ2) is 13.2. The molecule has 3 aromatic rings. The molecule has 1 aliphatic rings. The van der Waals surface area contributed by atoms with E-state index in [-0.39, 0.29) is 18.1 Å². The van der Waals surface area contributed by atoms with E-state index in [2.05, 4.69) is 16.7 Å². The minimum Gasteiger partial charge on any atom is -0.462 e. The van der Waals surface area contributed by atoms with E-state index in [1.165, 1.54) is 11.8 Å². The van der Waals surface area contributed by atoms with Crippen molar-refractivity contribution >= 4 is 46.7 Å². The molecule has 9 heteroatoms. The van der Waals surface area contributed by atoms with Crippen molar-refractivity contribution in [3.63, 3.8) is 0 Å². The van der Waals surface area contributed by atoms with E-state index in [1.54, 1.807) is 62.4 Å². The first-order valence-corrected chi connectivity index (χ1v) is 13.9. The summed E-state index contributed by atoms with van der Waals surface area (Å²) in [6, 6.07) is 24.6. The van der Waals surface area contributed by atoms with Crippen LogP contribution in [0.3, 0.4) is 0 Å². The number of rotatable bonds is 9. The van der Waals surface area contributed by atoms with Crippen LogP contribution in [0.1, 0.15) is 46.0 Å². The lowest BCUT2D eigenvalue weighted by molar-refractivity contribution is -0.113. The number of hydrogen-bond acceptors (Lipinski definition) is 7. The molecule has 0 bridgehead atoms. The van der Waals surface area contributed by atoms with Crippen LogP contribution in [0.2, 0.25) is 5.02 Å². The average molecular weight is 572 g/mol. The molecule has 0 aromatic heterocycles. The predicted molar refractivity (Wildman–Crippen MR) is 157 cm³/mol. The third kappa shape index (κ3) is 6.63. The number of ketones is 1. The van der Waals surface area contributed by atoms with E-state index in [9.17, 15) is 19.6 Å². The Morgan fingerprint density at radius 3 is 2.27 bits per heavy atom. The van der Waals surface area contributed by atoms with Gasteiger partial charge in [-0.25, -0.2) is 4.79 Å². The van der Waals surface area contributed by atoms with E-state index in [1.807, 2.05) is 30.3 Å². The maximum absolute atomic E-state index is 13.6. The number of benzene rings is 3. The number of amides is 1. The Morgan fingerprint density at radius 2 is 1.65 bits per heavy atom. The highest BCUT2D eigenvalue weighted by Gasteiger charge is 2.35. The molecule has 40 heavy (non-hydrogen) atoms. The minimum absolute atomic E-state index is 0.0955. The first-order chi connectivity index (χ1) is 19.3. The molecular weight excluding hydrogens is 546 g/mol. The van der Waals surface area contributed by atoms with Crippen molar-refractivity contribution in [1.82, 2.24) is 5.32 Å². The van der Waals surface area contributed by atoms with E-state index >= 15 is 0 Å². The summed E-state index contributed by atoms with van der Waals surface area (Å²) in [5, 5.41) is 17.4. The summed E-state index contributed by atoms with van der Waals surface area (Å²) in [5.41, 5.74) is 3.44. The maximum Gasteiger partial charge on any atom is 0.338 e. The van der Waals surface area contributed by atoms with Crippen LogP contribution in [-0.2, 0) is 9.53 Å². The highest BCUT2D eigenvalue weighted by Crippen LogP contribution is 2.41. The van der Waals surface area contributed by atoms with Crippen molar-refractivity contribution in [3.05, 3.63) is 122 Å². The SMILES string of the molecule is CCOC(=O)c1ccc(NC(=O)C2=C(C)NC(SCC(=O)c3ccc(Cl)cc3)=C(C#N)C2c2ccccc2)cc1. The smallest absolute Gasteiger partial charge is 0.338 e. The van der Waals surface area contributed by atoms with Crippen LogP contribution in [0.4, 0.5) is 5.69 Å². The number of nitrogens with zero attached hydrogens (tertiary/aromatic N) is 1. The number of nitrogens with one attached hydrogen (secondary N) is 2. The van der Waals surface area contributed by atoms with Gasteiger partial charge in [0.15, 0.2) is 5.78 Å². The van der Waals surface area contributed by atoms with Gasteiger partial charge in [-0.1, -0.05) is 53.7 Å². The highest BCUT2D eigenvalue weighted by molar-refractivity contribution is 8.03. The summed E-state index contributed by atoms with van der Waals surface area (Å²) in [6.45, 7) is 3.77. The largest absolute Gasteiger partial charge is 0.462 e. The quantitative estimate of drug-likeness (QED) is 0.224. The lowest BCUT2D eigenvalue weighted by Crippen LogP contribution is -2.31. The number of halogens is 1. The summed E-state index contributed by atoms with van der Waals surface area (Å²) in [6.07, 6.45) is 0. The molecule has 202 valence electrons. The van der Waals surface area contributed by atoms with Crippen LogP contribution in [0, 0.1) is 11.3 Å². The zero-order valence-electron chi connectivity index (χ0n) is 21.9. The van der Waals surface area contributed by atoms with E-state index in [4.69, 9.17) is 16.3 Å². The van der Waals surface area contributed by atoms with Gasteiger partial charge in [0.2, 0.25) is 0 Å². The number of ether oxygens (including phenoxy) is 1. The molecule has 0 radical (unpaired) electrons. The Hall–Kier alpha value is -4.32. The van der Waals surface area contributed by atoms with E-state index < -0.39 is 17.8 Å². The highest BCUT2D eigenvalue weighted by atomic mass is 35.5. The third-order valence-electron chi connectivity index (χ3n) is 6.19. The van der Waals surface area contributed by atoms with Crippen LogP contribution in [-0.4, -0.2) is 30.0 Å². The molecule has 1 amide bonds. The third-order valence-corrected chi connectivity index (χ3v) is 7.46. The van der Waals surface area contributed by atoms with Gasteiger partial charge in [0.25, 0.3) is 5.91 Å². The molecule has 7 nitrogen and oxygen atoms in total. The molecule has 0 fully saturated rings. The average Bonchev–Trinajstić information content (AvgIpc) is 2.96. The van der Waals surface area contributed by atoms with Gasteiger partial charge in [-0.3, -0.25) is 9.59 Å². The molecule has 1 unspecified atom stereocenters. The second-order valence-electron chi connectivity index (χ2n) is 8.83. The standard InChI is InChI=1S/C31H26ClN3O4S/c1-3-39-31(38)22-11-15-24(16-12-22)35-29(37)27-19(2)34-30(25(17-33)28(27)21-7-5-4-6-8-21)40-18-26(36)20-9-13-23(32)14-10-20/h4-16,28,34H,3,18H2,1-2H3,(H,35,37). The molecule has 0 saturated heterocycles. The monoisotopic (exact) mass is 571 g/mol. The van der Waals surface area contributed by atoms with Crippen molar-refractivity contribution in [2.24, 2.45) is 0 Å². The van der Waals surface area contributed by atoms with Gasteiger partial charge in [0.05, 0.1) is 40.5 Å². The molecule has 0 saturated carbocycles. The summed E-state index contributed by atoms with van der Waals surface area (Å²) in [7, 11) is 0. The van der Waals surface area contributed by atoms with Gasteiger partial charge < -0.3 is 15.4 Å². The molecule has 2 N–H and O–H groups in total. The van der Waals surface area contributed by atoms with E-state index in [0.717, 1.165) is 5.56 Å². The predicted octanol–water partition coefficient (Wildman–Crippen LogP) is 6.47. The van der Waals surface area contributed by atoms with Crippen LogP contribution in [0.15, 0.2) is 101 Å². The molecule has 1 heterocycles. The lowest BCUT2D eigenvalue weighted by atomic mass is 9.82. The molecule has 1 atom stereocenters. The van der Waals surface area contributed by atoms with Crippen LogP contribution in [0.5, 0.6) is 0 Å². The van der Waals surface area contributed by atoms with Gasteiger partial charge in [0, 0.05) is 27.5 Å². The molecule has 0 aliphatic carbocycles. The number of thioether (sulfide) groups is 1. The van der Waals surface area contributed by atoms with Gasteiger partial charge in [-0.15, -0.1) is 0 Å². The molecular formula is C31H26ClN3O4S. The molecule has 0 spiro atoms. The maximum atomic E-state index is 13.6. The summed E-state index contributed by atoms with van der Waals surface area (Å²) >= 11 is 7.16. The van der Waals surface area contributed by atoms with Gasteiger partial charge in [0.1, 0.15) is 0 Å². The molecule has 3 aromatic carbocycles. The lowest BCUT2D eigenvalue weighted by Gasteiger charge is -2.30. The molecule has 1 aliphatic heterocycles. The number of nitriles is 1. The zero-order chi connectivity index (χ0) is 28.6. The summed E-state index contributed by atoms with van der Waals surface area (Å²) < 4.78 is 5.01. The second-order valence-corrected chi connectivity index (χ2v) is 10.3. The fraction of sp³-hybridized carbons (Fsp3) is 0.161. The van der Waals surface area contributed by atoms with E-state index in [0.29, 0.717) is 43.7 Å². The molecule has 4 rings (SSSR count). The number of allylic oxidation sites excluding steroid dienone is 2. The number of anilines is 1. The number of Topliss-reactive ketones (excluding diaryl/α,β-unsaturated/α-hetero) is 1. The van der Waals surface area contributed by atoms with Crippen molar-refractivity contribution in [1.29, 1.82) is 5.26 Å². The number of carbonyl (C=O) groups excluding carboxylic acids is 3. The van der Waals surface area contributed by atoms with Crippen molar-refractivity contribution in [3.8, 4) is 6.07 Å². The zero-order valence-corrected chi connectivity index (χ0v) is 23.4. The van der Waals surface area contributed by atoms with Gasteiger partial charge in [-0.05, 0) is 67.9 Å². The Balaban J connectivity index is 1.61. The van der Waals surface area contributed by atoms with Crippen LogP contribution in [0.25, 0.3) is 0 Å². The first kappa shape index (κ1) is 28.7. The van der Waals surface area contributed by atoms with Crippen molar-refractivity contribution in [2.75, 3.05) is 17.7 Å². The van der Waals surface area contributed by atoms with Crippen LogP contribution < -0.4 is 10.6 Å². The Kier molecular flexibility index (Phi) is 9.43. The number of hydrogen-bond donors (Lipinski definition) is 2. The fourth-order valence-electron chi connectivity index (χ4n) is 4.27.